The van der Waals surface area contributed by atoms with Gasteiger partial charge in [-0.2, -0.15) is 0 Å². The van der Waals surface area contributed by atoms with E-state index in [1.165, 1.54) is 89.9 Å². The summed E-state index contributed by atoms with van der Waals surface area (Å²) in [6.07, 6.45) is 27.0. The second-order valence-corrected chi connectivity index (χ2v) is 7.70. The van der Waals surface area contributed by atoms with E-state index in [9.17, 15) is 0 Å². The van der Waals surface area contributed by atoms with Crippen LogP contribution in [0.5, 0.6) is 0 Å². The molecular formula is C23H42. The molecule has 0 amide bonds. The third kappa shape index (κ3) is 10.0. The average Bonchev–Trinajstić information content (AvgIpc) is 2.59. The third-order valence-corrected chi connectivity index (χ3v) is 5.54. The molecule has 0 radical (unpaired) electrons. The Morgan fingerprint density at radius 2 is 1.61 bits per heavy atom. The summed E-state index contributed by atoms with van der Waals surface area (Å²) in [6.45, 7) is 7.03. The Morgan fingerprint density at radius 1 is 0.913 bits per heavy atom. The fourth-order valence-corrected chi connectivity index (χ4v) is 3.77. The standard InChI is InChI=1S/C23H42/c1-4-6-8-9-12-16-22(15-11-7-5-2)20-19-21(3)23-17-13-10-14-18-23/h15,19-21,23H,4-14,16-18H2,1-3H3/b20-19-,22-15-. The maximum Gasteiger partial charge on any atom is -0.0230 e. The van der Waals surface area contributed by atoms with E-state index in [4.69, 9.17) is 0 Å². The highest BCUT2D eigenvalue weighted by Gasteiger charge is 2.17. The maximum atomic E-state index is 2.53. The first-order valence-corrected chi connectivity index (χ1v) is 10.6. The SMILES string of the molecule is CCCC/C=C(\C=C/C(C)C1CCCCC1)CCCCCCC. The molecule has 0 N–H and O–H groups in total. The molecule has 1 aliphatic rings. The van der Waals surface area contributed by atoms with Crippen LogP contribution in [-0.4, -0.2) is 0 Å². The zero-order chi connectivity index (χ0) is 16.8. The zero-order valence-corrected chi connectivity index (χ0v) is 16.3. The Morgan fingerprint density at radius 3 is 2.30 bits per heavy atom. The second-order valence-electron chi connectivity index (χ2n) is 7.70. The molecule has 0 saturated heterocycles. The van der Waals surface area contributed by atoms with Crippen molar-refractivity contribution in [1.29, 1.82) is 0 Å². The van der Waals surface area contributed by atoms with Crippen LogP contribution in [0.2, 0.25) is 0 Å². The smallest absolute Gasteiger partial charge is 0.0230 e. The van der Waals surface area contributed by atoms with E-state index in [0.29, 0.717) is 0 Å². The van der Waals surface area contributed by atoms with Crippen LogP contribution in [0.15, 0.2) is 23.8 Å². The van der Waals surface area contributed by atoms with Gasteiger partial charge in [-0.25, -0.2) is 0 Å². The van der Waals surface area contributed by atoms with Crippen LogP contribution in [-0.2, 0) is 0 Å². The van der Waals surface area contributed by atoms with Gasteiger partial charge < -0.3 is 0 Å². The van der Waals surface area contributed by atoms with Crippen LogP contribution in [0.25, 0.3) is 0 Å². The predicted molar refractivity (Wildman–Crippen MR) is 106 cm³/mol. The number of hydrogen-bond acceptors (Lipinski definition) is 0. The molecule has 0 aromatic heterocycles. The Bertz CT molecular complexity index is 317. The van der Waals surface area contributed by atoms with Gasteiger partial charge in [0.2, 0.25) is 0 Å². The van der Waals surface area contributed by atoms with Crippen LogP contribution in [0, 0.1) is 11.8 Å². The number of allylic oxidation sites excluding steroid dienone is 4. The lowest BCUT2D eigenvalue weighted by atomic mass is 9.80. The molecule has 0 aromatic carbocycles. The normalized spacial score (nSPS) is 18.7. The topological polar surface area (TPSA) is 0 Å². The molecule has 0 nitrogen and oxygen atoms in total. The predicted octanol–water partition coefficient (Wildman–Crippen LogP) is 8.24. The second kappa shape index (κ2) is 13.9. The van der Waals surface area contributed by atoms with Gasteiger partial charge >= 0.3 is 0 Å². The first-order valence-electron chi connectivity index (χ1n) is 10.6. The van der Waals surface area contributed by atoms with Gasteiger partial charge in [0.1, 0.15) is 0 Å². The van der Waals surface area contributed by atoms with Crippen molar-refractivity contribution in [2.75, 3.05) is 0 Å². The molecule has 134 valence electrons. The molecule has 1 atom stereocenters. The summed E-state index contributed by atoms with van der Waals surface area (Å²) in [7, 11) is 0. The van der Waals surface area contributed by atoms with E-state index in [2.05, 4.69) is 39.0 Å². The van der Waals surface area contributed by atoms with Crippen molar-refractivity contribution >= 4 is 0 Å². The van der Waals surface area contributed by atoms with Gasteiger partial charge in [-0.1, -0.05) is 102 Å². The van der Waals surface area contributed by atoms with Gasteiger partial charge in [-0.05, 0) is 43.9 Å². The molecule has 1 aliphatic carbocycles. The molecule has 1 unspecified atom stereocenters. The molecule has 1 rings (SSSR count). The highest BCUT2D eigenvalue weighted by Crippen LogP contribution is 2.30. The highest BCUT2D eigenvalue weighted by molar-refractivity contribution is 5.19. The molecular weight excluding hydrogens is 276 g/mol. The lowest BCUT2D eigenvalue weighted by molar-refractivity contribution is 0.300. The van der Waals surface area contributed by atoms with Crippen molar-refractivity contribution in [3.8, 4) is 0 Å². The van der Waals surface area contributed by atoms with E-state index in [1.807, 2.05) is 0 Å². The molecule has 0 spiro atoms. The Hall–Kier alpha value is -0.520. The summed E-state index contributed by atoms with van der Waals surface area (Å²) in [4.78, 5) is 0. The van der Waals surface area contributed by atoms with Crippen molar-refractivity contribution < 1.29 is 0 Å². The molecule has 0 heterocycles. The van der Waals surface area contributed by atoms with Crippen molar-refractivity contribution in [3.05, 3.63) is 23.8 Å². The van der Waals surface area contributed by atoms with E-state index in [-0.39, 0.29) is 0 Å². The maximum absolute atomic E-state index is 2.53. The quantitative estimate of drug-likeness (QED) is 0.251. The van der Waals surface area contributed by atoms with Crippen molar-refractivity contribution in [2.24, 2.45) is 11.8 Å². The van der Waals surface area contributed by atoms with Gasteiger partial charge in [-0.15, -0.1) is 0 Å². The van der Waals surface area contributed by atoms with Crippen molar-refractivity contribution in [2.45, 2.75) is 111 Å². The molecule has 23 heavy (non-hydrogen) atoms. The summed E-state index contributed by atoms with van der Waals surface area (Å²) < 4.78 is 0. The molecule has 1 fully saturated rings. The average molecular weight is 319 g/mol. The molecule has 0 aliphatic heterocycles. The molecule has 1 saturated carbocycles. The van der Waals surface area contributed by atoms with E-state index in [1.54, 1.807) is 5.57 Å². The zero-order valence-electron chi connectivity index (χ0n) is 16.3. The minimum absolute atomic E-state index is 0.768. The molecule has 0 aromatic rings. The van der Waals surface area contributed by atoms with Crippen LogP contribution in [0.1, 0.15) is 111 Å². The fourth-order valence-electron chi connectivity index (χ4n) is 3.77. The summed E-state index contributed by atoms with van der Waals surface area (Å²) in [5.74, 6) is 1.71. The first-order chi connectivity index (χ1) is 11.3. The van der Waals surface area contributed by atoms with Gasteiger partial charge in [-0.3, -0.25) is 0 Å². The Kier molecular flexibility index (Phi) is 12.4. The first kappa shape index (κ1) is 20.5. The van der Waals surface area contributed by atoms with Gasteiger partial charge in [0, 0.05) is 0 Å². The Labute approximate surface area is 146 Å². The number of unbranched alkanes of at least 4 members (excludes halogenated alkanes) is 6. The third-order valence-electron chi connectivity index (χ3n) is 5.54. The summed E-state index contributed by atoms with van der Waals surface area (Å²) >= 11 is 0. The Balaban J connectivity index is 2.42. The van der Waals surface area contributed by atoms with Crippen LogP contribution in [0.4, 0.5) is 0 Å². The largest absolute Gasteiger partial charge is 0.0813 e. The summed E-state index contributed by atoms with van der Waals surface area (Å²) in [5, 5.41) is 0. The molecule has 0 heteroatoms. The van der Waals surface area contributed by atoms with E-state index >= 15 is 0 Å². The highest BCUT2D eigenvalue weighted by atomic mass is 14.2. The minimum atomic E-state index is 0.768. The minimum Gasteiger partial charge on any atom is -0.0813 e. The fraction of sp³-hybridized carbons (Fsp3) is 0.826. The van der Waals surface area contributed by atoms with Crippen molar-refractivity contribution in [3.63, 3.8) is 0 Å². The van der Waals surface area contributed by atoms with Crippen LogP contribution in [0.3, 0.4) is 0 Å². The van der Waals surface area contributed by atoms with E-state index < -0.39 is 0 Å². The monoisotopic (exact) mass is 318 g/mol. The van der Waals surface area contributed by atoms with Gasteiger partial charge in [0.25, 0.3) is 0 Å². The lowest BCUT2D eigenvalue weighted by Gasteiger charge is -2.25. The number of rotatable bonds is 12. The molecule has 0 bridgehead atoms. The van der Waals surface area contributed by atoms with Crippen LogP contribution < -0.4 is 0 Å². The summed E-state index contributed by atoms with van der Waals surface area (Å²) in [6, 6.07) is 0. The van der Waals surface area contributed by atoms with Gasteiger partial charge in [0.05, 0.1) is 0 Å². The van der Waals surface area contributed by atoms with Gasteiger partial charge in [0.15, 0.2) is 0 Å². The van der Waals surface area contributed by atoms with E-state index in [0.717, 1.165) is 11.8 Å². The number of hydrogen-bond donors (Lipinski definition) is 0. The summed E-state index contributed by atoms with van der Waals surface area (Å²) in [5.41, 5.74) is 1.61. The van der Waals surface area contributed by atoms with Crippen LogP contribution >= 0.6 is 0 Å². The lowest BCUT2D eigenvalue weighted by Crippen LogP contribution is -2.13. The van der Waals surface area contributed by atoms with Crippen molar-refractivity contribution in [1.82, 2.24) is 0 Å².